The van der Waals surface area contributed by atoms with E-state index in [0.29, 0.717) is 12.2 Å². The van der Waals surface area contributed by atoms with Crippen LogP contribution >= 0.6 is 0 Å². The first-order valence-electron chi connectivity index (χ1n) is 6.05. The Kier molecular flexibility index (Phi) is 5.28. The number of carbonyl (C=O) groups is 1. The number of amides is 1. The third-order valence-corrected chi connectivity index (χ3v) is 2.77. The maximum Gasteiger partial charge on any atom is 0.242 e. The molecule has 1 heterocycles. The summed E-state index contributed by atoms with van der Waals surface area (Å²) in [4.78, 5) is 11.8. The number of rotatable bonds is 6. The van der Waals surface area contributed by atoms with Crippen LogP contribution in [-0.2, 0) is 4.79 Å². The molecule has 1 atom stereocenters. The van der Waals surface area contributed by atoms with Crippen LogP contribution in [0.1, 0.15) is 44.8 Å². The summed E-state index contributed by atoms with van der Waals surface area (Å²) in [6.07, 6.45) is 5.03. The van der Waals surface area contributed by atoms with Crippen LogP contribution in [0.2, 0.25) is 0 Å². The van der Waals surface area contributed by atoms with Gasteiger partial charge in [-0.2, -0.15) is 5.26 Å². The van der Waals surface area contributed by atoms with E-state index < -0.39 is 0 Å². The maximum absolute atomic E-state index is 11.8. The van der Waals surface area contributed by atoms with Crippen LogP contribution in [0.4, 0.5) is 0 Å². The van der Waals surface area contributed by atoms with Crippen LogP contribution in [0.3, 0.4) is 0 Å². The number of unbranched alkanes of at least 4 members (excludes halogenated alkanes) is 2. The molecule has 1 amide bonds. The fourth-order valence-electron chi connectivity index (χ4n) is 1.69. The van der Waals surface area contributed by atoms with Crippen molar-refractivity contribution in [2.24, 2.45) is 0 Å². The van der Waals surface area contributed by atoms with E-state index in [0.717, 1.165) is 19.3 Å². The number of nitrogens with zero attached hydrogens (tertiary/aromatic N) is 2. The third-order valence-electron chi connectivity index (χ3n) is 2.77. The van der Waals surface area contributed by atoms with Crippen LogP contribution in [0.5, 0.6) is 0 Å². The highest BCUT2D eigenvalue weighted by atomic mass is 16.2. The molecule has 1 N–H and O–H groups in total. The molecule has 0 saturated carbocycles. The summed E-state index contributed by atoms with van der Waals surface area (Å²) in [5.74, 6) is -0.0335. The van der Waals surface area contributed by atoms with E-state index in [2.05, 4.69) is 18.3 Å². The molecule has 0 fully saturated rings. The molecule has 92 valence electrons. The second kappa shape index (κ2) is 6.74. The van der Waals surface area contributed by atoms with Gasteiger partial charge in [-0.05, 0) is 25.5 Å². The van der Waals surface area contributed by atoms with Crippen molar-refractivity contribution in [2.75, 3.05) is 6.54 Å². The van der Waals surface area contributed by atoms with E-state index in [1.54, 1.807) is 29.8 Å². The van der Waals surface area contributed by atoms with Gasteiger partial charge in [0.2, 0.25) is 5.91 Å². The number of nitrogens with one attached hydrogen (secondary N) is 1. The Balaban J connectivity index is 2.50. The van der Waals surface area contributed by atoms with Crippen molar-refractivity contribution >= 4 is 5.91 Å². The lowest BCUT2D eigenvalue weighted by molar-refractivity contribution is -0.123. The molecule has 0 spiro atoms. The molecule has 0 aliphatic carbocycles. The molecule has 0 aromatic carbocycles. The molecule has 0 radical (unpaired) electrons. The molecular formula is C13H19N3O. The summed E-state index contributed by atoms with van der Waals surface area (Å²) in [6.45, 7) is 4.64. The Bertz CT molecular complexity index is 403. The number of aromatic nitrogens is 1. The van der Waals surface area contributed by atoms with E-state index in [1.807, 2.05) is 0 Å². The molecular weight excluding hydrogens is 214 g/mol. The van der Waals surface area contributed by atoms with Crippen LogP contribution < -0.4 is 5.32 Å². The lowest BCUT2D eigenvalue weighted by Gasteiger charge is -2.14. The summed E-state index contributed by atoms with van der Waals surface area (Å²) in [7, 11) is 0. The van der Waals surface area contributed by atoms with Gasteiger partial charge in [0.1, 0.15) is 17.8 Å². The average Bonchev–Trinajstić information content (AvgIpc) is 2.81. The van der Waals surface area contributed by atoms with Gasteiger partial charge in [-0.25, -0.2) is 0 Å². The summed E-state index contributed by atoms with van der Waals surface area (Å²) < 4.78 is 1.69. The molecule has 1 aromatic rings. The molecule has 0 aliphatic rings. The minimum Gasteiger partial charge on any atom is -0.354 e. The molecule has 0 bridgehead atoms. The molecule has 4 nitrogen and oxygen atoms in total. The zero-order valence-corrected chi connectivity index (χ0v) is 10.4. The van der Waals surface area contributed by atoms with Crippen molar-refractivity contribution in [2.45, 2.75) is 39.2 Å². The molecule has 4 heteroatoms. The highest BCUT2D eigenvalue weighted by molar-refractivity contribution is 5.80. The van der Waals surface area contributed by atoms with Crippen molar-refractivity contribution in [3.8, 4) is 6.07 Å². The van der Waals surface area contributed by atoms with Crippen LogP contribution in [0.15, 0.2) is 18.3 Å². The Labute approximate surface area is 102 Å². The lowest BCUT2D eigenvalue weighted by atomic mass is 10.2. The minimum atomic E-state index is -0.332. The molecule has 1 unspecified atom stereocenters. The predicted molar refractivity (Wildman–Crippen MR) is 66.4 cm³/mol. The minimum absolute atomic E-state index is 0.0335. The molecule has 17 heavy (non-hydrogen) atoms. The lowest BCUT2D eigenvalue weighted by Crippen LogP contribution is -2.31. The number of carbonyl (C=O) groups excluding carboxylic acids is 1. The van der Waals surface area contributed by atoms with Crippen molar-refractivity contribution in [3.63, 3.8) is 0 Å². The first-order chi connectivity index (χ1) is 8.20. The van der Waals surface area contributed by atoms with Crippen LogP contribution in [-0.4, -0.2) is 17.0 Å². The fourth-order valence-corrected chi connectivity index (χ4v) is 1.69. The van der Waals surface area contributed by atoms with Crippen molar-refractivity contribution in [1.29, 1.82) is 5.26 Å². The largest absolute Gasteiger partial charge is 0.354 e. The third kappa shape index (κ3) is 3.63. The Hall–Kier alpha value is -1.76. The SMILES string of the molecule is CCCCCNC(=O)C(C)n1cccc1C#N. The standard InChI is InChI=1S/C13H19N3O/c1-3-4-5-8-15-13(17)11(2)16-9-6-7-12(16)10-14/h6-7,9,11H,3-5,8H2,1-2H3,(H,15,17). The number of hydrogen-bond acceptors (Lipinski definition) is 2. The van der Waals surface area contributed by atoms with Crippen molar-refractivity contribution < 1.29 is 4.79 Å². The Morgan fingerprint density at radius 1 is 1.59 bits per heavy atom. The van der Waals surface area contributed by atoms with E-state index >= 15 is 0 Å². The van der Waals surface area contributed by atoms with Gasteiger partial charge in [0.15, 0.2) is 0 Å². The zero-order chi connectivity index (χ0) is 12.7. The van der Waals surface area contributed by atoms with Gasteiger partial charge >= 0.3 is 0 Å². The summed E-state index contributed by atoms with van der Waals surface area (Å²) in [5.41, 5.74) is 0.515. The highest BCUT2D eigenvalue weighted by Gasteiger charge is 2.15. The van der Waals surface area contributed by atoms with Crippen LogP contribution in [0, 0.1) is 11.3 Å². The summed E-state index contributed by atoms with van der Waals surface area (Å²) in [5, 5.41) is 11.8. The summed E-state index contributed by atoms with van der Waals surface area (Å²) in [6, 6.07) is 5.22. The molecule has 0 aliphatic heterocycles. The second-order valence-corrected chi connectivity index (χ2v) is 4.09. The second-order valence-electron chi connectivity index (χ2n) is 4.09. The molecule has 1 rings (SSSR count). The summed E-state index contributed by atoms with van der Waals surface area (Å²) >= 11 is 0. The van der Waals surface area contributed by atoms with E-state index in [-0.39, 0.29) is 11.9 Å². The molecule has 1 aromatic heterocycles. The fraction of sp³-hybridized carbons (Fsp3) is 0.538. The zero-order valence-electron chi connectivity index (χ0n) is 10.4. The quantitative estimate of drug-likeness (QED) is 0.766. The van der Waals surface area contributed by atoms with E-state index in [9.17, 15) is 4.79 Å². The predicted octanol–water partition coefficient (Wildman–Crippen LogP) is 2.23. The monoisotopic (exact) mass is 233 g/mol. The highest BCUT2D eigenvalue weighted by Crippen LogP contribution is 2.10. The van der Waals surface area contributed by atoms with E-state index in [4.69, 9.17) is 5.26 Å². The smallest absolute Gasteiger partial charge is 0.242 e. The maximum atomic E-state index is 11.8. The van der Waals surface area contributed by atoms with Gasteiger partial charge in [0, 0.05) is 12.7 Å². The van der Waals surface area contributed by atoms with Gasteiger partial charge < -0.3 is 9.88 Å². The van der Waals surface area contributed by atoms with Crippen molar-refractivity contribution in [1.82, 2.24) is 9.88 Å². The first-order valence-corrected chi connectivity index (χ1v) is 6.05. The van der Waals surface area contributed by atoms with E-state index in [1.165, 1.54) is 0 Å². The van der Waals surface area contributed by atoms with Gasteiger partial charge in [-0.3, -0.25) is 4.79 Å². The number of nitriles is 1. The molecule has 0 saturated heterocycles. The van der Waals surface area contributed by atoms with Gasteiger partial charge in [-0.1, -0.05) is 19.8 Å². The van der Waals surface area contributed by atoms with Gasteiger partial charge in [0.05, 0.1) is 0 Å². The average molecular weight is 233 g/mol. The first kappa shape index (κ1) is 13.3. The Morgan fingerprint density at radius 2 is 2.35 bits per heavy atom. The van der Waals surface area contributed by atoms with Gasteiger partial charge in [-0.15, -0.1) is 0 Å². The van der Waals surface area contributed by atoms with Crippen LogP contribution in [0.25, 0.3) is 0 Å². The topological polar surface area (TPSA) is 57.8 Å². The normalized spacial score (nSPS) is 11.8. The van der Waals surface area contributed by atoms with Gasteiger partial charge in [0.25, 0.3) is 0 Å². The van der Waals surface area contributed by atoms with Crippen molar-refractivity contribution in [3.05, 3.63) is 24.0 Å². The number of hydrogen-bond donors (Lipinski definition) is 1. The Morgan fingerprint density at radius 3 is 3.00 bits per heavy atom.